The van der Waals surface area contributed by atoms with Crippen LogP contribution >= 0.6 is 0 Å². The van der Waals surface area contributed by atoms with Gasteiger partial charge in [0, 0.05) is 6.54 Å². The van der Waals surface area contributed by atoms with E-state index in [0.717, 1.165) is 0 Å². The van der Waals surface area contributed by atoms with E-state index in [1.54, 1.807) is 6.07 Å². The largest absolute Gasteiger partial charge is 0.348 e. The number of Topliss-reactive ketones (excluding diaryl/α,β-unsaturated/α-hetero) is 1. The number of carbonyl (C=O) groups excluding carboxylic acids is 2. The molecule has 0 bridgehead atoms. The Balaban J connectivity index is 2.76. The Morgan fingerprint density at radius 2 is 2.33 bits per heavy atom. The second-order valence-electron chi connectivity index (χ2n) is 1.76. The van der Waals surface area contributed by atoms with Crippen LogP contribution < -0.4 is 5.32 Å². The first-order valence-corrected chi connectivity index (χ1v) is 2.47. The monoisotopic (exact) mass is 124 g/mol. The van der Waals surface area contributed by atoms with Crippen LogP contribution in [0, 0.1) is 17.2 Å². The lowest BCUT2D eigenvalue weighted by Crippen LogP contribution is -2.18. The lowest BCUT2D eigenvalue weighted by molar-refractivity contribution is -0.135. The highest BCUT2D eigenvalue weighted by Gasteiger charge is 2.31. The zero-order valence-corrected chi connectivity index (χ0v) is 4.55. The summed E-state index contributed by atoms with van der Waals surface area (Å²) in [5.74, 6) is -2.00. The predicted molar refractivity (Wildman–Crippen MR) is 27.1 cm³/mol. The highest BCUT2D eigenvalue weighted by atomic mass is 16.2. The number of hydrogen-bond acceptors (Lipinski definition) is 3. The van der Waals surface area contributed by atoms with Gasteiger partial charge in [-0.05, 0) is 0 Å². The third-order valence-corrected chi connectivity index (χ3v) is 1.16. The Kier molecular flexibility index (Phi) is 1.19. The molecule has 1 amide bonds. The van der Waals surface area contributed by atoms with E-state index >= 15 is 0 Å². The number of nitrogens with zero attached hydrogens (tertiary/aromatic N) is 1. The number of nitriles is 1. The van der Waals surface area contributed by atoms with E-state index in [4.69, 9.17) is 5.26 Å². The zero-order chi connectivity index (χ0) is 6.85. The fourth-order valence-electron chi connectivity index (χ4n) is 0.637. The van der Waals surface area contributed by atoms with Gasteiger partial charge in [-0.2, -0.15) is 5.26 Å². The van der Waals surface area contributed by atoms with Crippen LogP contribution in [0.5, 0.6) is 0 Å². The summed E-state index contributed by atoms with van der Waals surface area (Å²) in [6.07, 6.45) is 0. The summed E-state index contributed by atoms with van der Waals surface area (Å²) < 4.78 is 0. The normalized spacial score (nSPS) is 25.4. The molecule has 1 N–H and O–H groups in total. The smallest absolute Gasteiger partial charge is 0.288 e. The van der Waals surface area contributed by atoms with Crippen molar-refractivity contribution in [3.8, 4) is 6.07 Å². The summed E-state index contributed by atoms with van der Waals surface area (Å²) in [6, 6.07) is 1.71. The van der Waals surface area contributed by atoms with E-state index in [1.807, 2.05) is 0 Å². The molecule has 1 fully saturated rings. The third kappa shape index (κ3) is 0.765. The van der Waals surface area contributed by atoms with Crippen molar-refractivity contribution in [1.82, 2.24) is 5.32 Å². The molecule has 0 aromatic rings. The molecule has 0 spiro atoms. The van der Waals surface area contributed by atoms with Gasteiger partial charge in [-0.25, -0.2) is 0 Å². The van der Waals surface area contributed by atoms with Crippen molar-refractivity contribution in [1.29, 1.82) is 5.26 Å². The Hall–Kier alpha value is -1.37. The van der Waals surface area contributed by atoms with Crippen LogP contribution in [0.2, 0.25) is 0 Å². The summed E-state index contributed by atoms with van der Waals surface area (Å²) in [5, 5.41) is 10.5. The van der Waals surface area contributed by atoms with Crippen molar-refractivity contribution in [2.75, 3.05) is 6.54 Å². The molecule has 0 saturated carbocycles. The molecule has 0 aliphatic carbocycles. The molecule has 1 saturated heterocycles. The molecule has 4 heteroatoms. The van der Waals surface area contributed by atoms with E-state index in [9.17, 15) is 9.59 Å². The van der Waals surface area contributed by atoms with Gasteiger partial charge in [-0.3, -0.25) is 9.59 Å². The van der Waals surface area contributed by atoms with Gasteiger partial charge in [-0.15, -0.1) is 0 Å². The molecule has 1 aliphatic rings. The van der Waals surface area contributed by atoms with Gasteiger partial charge in [0.05, 0.1) is 6.07 Å². The van der Waals surface area contributed by atoms with Crippen LogP contribution in [0.1, 0.15) is 0 Å². The quantitative estimate of drug-likeness (QED) is 0.413. The van der Waals surface area contributed by atoms with Crippen molar-refractivity contribution < 1.29 is 9.59 Å². The second-order valence-corrected chi connectivity index (χ2v) is 1.76. The van der Waals surface area contributed by atoms with Gasteiger partial charge < -0.3 is 5.32 Å². The second kappa shape index (κ2) is 1.86. The average molecular weight is 124 g/mol. The summed E-state index contributed by atoms with van der Waals surface area (Å²) in [5.41, 5.74) is 0. The lowest BCUT2D eigenvalue weighted by atomic mass is 10.1. The Bertz CT molecular complexity index is 203. The predicted octanol–water partition coefficient (Wildman–Crippen LogP) is -1.17. The molecule has 1 aliphatic heterocycles. The van der Waals surface area contributed by atoms with Gasteiger partial charge in [-0.1, -0.05) is 0 Å². The minimum Gasteiger partial charge on any atom is -0.348 e. The Labute approximate surface area is 51.5 Å². The fraction of sp³-hybridized carbons (Fsp3) is 0.400. The Morgan fingerprint density at radius 3 is 2.56 bits per heavy atom. The number of amides is 1. The fourth-order valence-corrected chi connectivity index (χ4v) is 0.637. The van der Waals surface area contributed by atoms with E-state index < -0.39 is 17.6 Å². The van der Waals surface area contributed by atoms with Gasteiger partial charge in [0.1, 0.15) is 5.92 Å². The summed E-state index contributed by atoms with van der Waals surface area (Å²) >= 11 is 0. The SMILES string of the molecule is N#CC1CNC(=O)C1=O. The molecule has 1 rings (SSSR count). The van der Waals surface area contributed by atoms with E-state index in [2.05, 4.69) is 5.32 Å². The number of nitrogens with one attached hydrogen (secondary N) is 1. The van der Waals surface area contributed by atoms with Crippen LogP contribution in [0.3, 0.4) is 0 Å². The van der Waals surface area contributed by atoms with Crippen molar-refractivity contribution in [3.63, 3.8) is 0 Å². The molecule has 9 heavy (non-hydrogen) atoms. The molecule has 1 heterocycles. The van der Waals surface area contributed by atoms with Crippen LogP contribution in [-0.2, 0) is 9.59 Å². The molecule has 4 nitrogen and oxygen atoms in total. The minimum absolute atomic E-state index is 0.175. The van der Waals surface area contributed by atoms with Crippen LogP contribution in [0.4, 0.5) is 0 Å². The number of carbonyl (C=O) groups is 2. The topological polar surface area (TPSA) is 70.0 Å². The standard InChI is InChI=1S/C5H4N2O2/c6-1-3-2-7-5(9)4(3)8/h3H,2H2,(H,7,9). The molecule has 0 radical (unpaired) electrons. The number of ketones is 1. The first-order chi connectivity index (χ1) is 4.25. The summed E-state index contributed by atoms with van der Waals surface area (Å²) in [7, 11) is 0. The minimum atomic E-state index is -0.752. The van der Waals surface area contributed by atoms with E-state index in [0.29, 0.717) is 0 Å². The van der Waals surface area contributed by atoms with Gasteiger partial charge in [0.15, 0.2) is 0 Å². The van der Waals surface area contributed by atoms with Crippen molar-refractivity contribution in [2.24, 2.45) is 5.92 Å². The average Bonchev–Trinajstić information content (AvgIpc) is 2.15. The van der Waals surface area contributed by atoms with Gasteiger partial charge in [0.25, 0.3) is 5.91 Å². The van der Waals surface area contributed by atoms with Crippen molar-refractivity contribution in [3.05, 3.63) is 0 Å². The summed E-state index contributed by atoms with van der Waals surface area (Å²) in [6.45, 7) is 0.175. The first-order valence-electron chi connectivity index (χ1n) is 2.47. The number of rotatable bonds is 0. The highest BCUT2D eigenvalue weighted by Crippen LogP contribution is 2.01. The highest BCUT2D eigenvalue weighted by molar-refractivity contribution is 6.39. The van der Waals surface area contributed by atoms with Crippen LogP contribution in [0.25, 0.3) is 0 Å². The molecular weight excluding hydrogens is 120 g/mol. The van der Waals surface area contributed by atoms with Crippen molar-refractivity contribution >= 4 is 11.7 Å². The van der Waals surface area contributed by atoms with E-state index in [-0.39, 0.29) is 6.54 Å². The maximum Gasteiger partial charge on any atom is 0.288 e. The zero-order valence-electron chi connectivity index (χ0n) is 4.55. The van der Waals surface area contributed by atoms with E-state index in [1.165, 1.54) is 0 Å². The first kappa shape index (κ1) is 5.76. The lowest BCUT2D eigenvalue weighted by Gasteiger charge is -1.84. The maximum absolute atomic E-state index is 10.5. The van der Waals surface area contributed by atoms with Gasteiger partial charge >= 0.3 is 0 Å². The molecule has 1 atom stereocenters. The van der Waals surface area contributed by atoms with Crippen LogP contribution in [0.15, 0.2) is 0 Å². The number of hydrogen-bond donors (Lipinski definition) is 1. The third-order valence-electron chi connectivity index (χ3n) is 1.16. The molecular formula is C5H4N2O2. The van der Waals surface area contributed by atoms with Crippen molar-refractivity contribution in [2.45, 2.75) is 0 Å². The summed E-state index contributed by atoms with van der Waals surface area (Å²) in [4.78, 5) is 20.8. The van der Waals surface area contributed by atoms with Crippen LogP contribution in [-0.4, -0.2) is 18.2 Å². The maximum atomic E-state index is 10.5. The van der Waals surface area contributed by atoms with Gasteiger partial charge in [0.2, 0.25) is 5.78 Å². The Morgan fingerprint density at radius 1 is 1.67 bits per heavy atom. The molecule has 1 unspecified atom stereocenters. The molecule has 46 valence electrons. The molecule has 0 aromatic carbocycles. The molecule has 0 aromatic heterocycles.